The van der Waals surface area contributed by atoms with Crippen LogP contribution in [0.2, 0.25) is 0 Å². The lowest BCUT2D eigenvalue weighted by Crippen LogP contribution is -2.07. The fourth-order valence-electron chi connectivity index (χ4n) is 2.39. The number of nitrogens with zero attached hydrogens (tertiary/aromatic N) is 2. The average Bonchev–Trinajstić information content (AvgIpc) is 3.00. The fraction of sp³-hybridized carbons (Fsp3) is 0.250. The zero-order valence-electron chi connectivity index (χ0n) is 13.7. The Bertz CT molecular complexity index is 1000. The third kappa shape index (κ3) is 4.24. The van der Waals surface area contributed by atoms with Gasteiger partial charge >= 0.3 is 12.8 Å². The van der Waals surface area contributed by atoms with Crippen molar-refractivity contribution in [3.05, 3.63) is 47.3 Å². The van der Waals surface area contributed by atoms with E-state index in [1.165, 1.54) is 25.3 Å². The molecule has 0 aliphatic rings. The Morgan fingerprint density at radius 3 is 2.67 bits per heavy atom. The highest BCUT2D eigenvalue weighted by molar-refractivity contribution is 7.84. The smallest absolute Gasteiger partial charge is 0.416 e. The predicted molar refractivity (Wildman–Crippen MR) is 86.8 cm³/mol. The third-order valence-electron chi connectivity index (χ3n) is 3.75. The molecule has 5 nitrogen and oxygen atoms in total. The molecule has 0 radical (unpaired) electrons. The summed E-state index contributed by atoms with van der Waals surface area (Å²) < 4.78 is 80.0. The molecular weight excluding hydrogens is 393 g/mol. The zero-order chi connectivity index (χ0) is 19.8. The highest BCUT2D eigenvalue weighted by Crippen LogP contribution is 2.31. The van der Waals surface area contributed by atoms with Crippen molar-refractivity contribution in [2.24, 2.45) is 0 Å². The molecule has 11 heteroatoms. The number of aromatic nitrogens is 3. The topological polar surface area (TPSA) is 67.9 Å². The average molecular weight is 405 g/mol. The van der Waals surface area contributed by atoms with Crippen molar-refractivity contribution < 1.29 is 30.9 Å². The van der Waals surface area contributed by atoms with Gasteiger partial charge in [0.1, 0.15) is 5.75 Å². The van der Waals surface area contributed by atoms with E-state index in [0.29, 0.717) is 5.56 Å². The van der Waals surface area contributed by atoms with Crippen molar-refractivity contribution in [1.29, 1.82) is 0 Å². The molecule has 0 spiro atoms. The van der Waals surface area contributed by atoms with Gasteiger partial charge in [0.25, 0.3) is 0 Å². The molecule has 144 valence electrons. The second kappa shape index (κ2) is 7.22. The van der Waals surface area contributed by atoms with Gasteiger partial charge in [-0.05, 0) is 31.2 Å². The van der Waals surface area contributed by atoms with Crippen molar-refractivity contribution in [2.75, 3.05) is 0 Å². The SMILES string of the molecule is Cc1c(OC(F)F)ccnc1CS(=O)c1nc2ccc(C(F)(F)F)cc2[nH]1. The van der Waals surface area contributed by atoms with Gasteiger partial charge in [-0.2, -0.15) is 22.0 Å². The molecule has 0 fully saturated rings. The van der Waals surface area contributed by atoms with Crippen LogP contribution in [0, 0.1) is 6.92 Å². The van der Waals surface area contributed by atoms with Crippen LogP contribution < -0.4 is 4.74 Å². The molecule has 3 rings (SSSR count). The first kappa shape index (κ1) is 19.2. The Hall–Kier alpha value is -2.56. The van der Waals surface area contributed by atoms with E-state index in [1.54, 1.807) is 0 Å². The molecule has 2 heterocycles. The number of H-pyrrole nitrogens is 1. The second-order valence-electron chi connectivity index (χ2n) is 5.52. The van der Waals surface area contributed by atoms with E-state index in [2.05, 4.69) is 19.7 Å². The largest absolute Gasteiger partial charge is 0.434 e. The Kier molecular flexibility index (Phi) is 5.13. The van der Waals surface area contributed by atoms with E-state index < -0.39 is 29.2 Å². The van der Waals surface area contributed by atoms with E-state index in [-0.39, 0.29) is 33.4 Å². The molecule has 0 aliphatic heterocycles. The number of hydrogen-bond donors (Lipinski definition) is 1. The quantitative estimate of drug-likeness (QED) is 0.647. The van der Waals surface area contributed by atoms with Gasteiger partial charge in [-0.25, -0.2) is 4.98 Å². The van der Waals surface area contributed by atoms with Gasteiger partial charge in [0, 0.05) is 11.8 Å². The van der Waals surface area contributed by atoms with Crippen LogP contribution in [0.3, 0.4) is 0 Å². The number of halogens is 5. The van der Waals surface area contributed by atoms with E-state index in [0.717, 1.165) is 12.1 Å². The normalized spacial score (nSPS) is 13.3. The molecule has 1 aromatic carbocycles. The molecule has 1 N–H and O–H groups in total. The van der Waals surface area contributed by atoms with Crippen LogP contribution in [0.15, 0.2) is 35.6 Å². The second-order valence-corrected chi connectivity index (χ2v) is 6.89. The number of imidazole rings is 1. The molecule has 1 atom stereocenters. The third-order valence-corrected chi connectivity index (χ3v) is 4.91. The highest BCUT2D eigenvalue weighted by Gasteiger charge is 2.30. The van der Waals surface area contributed by atoms with Crippen molar-refractivity contribution in [3.63, 3.8) is 0 Å². The Morgan fingerprint density at radius 2 is 2.00 bits per heavy atom. The number of aromatic amines is 1. The van der Waals surface area contributed by atoms with Crippen molar-refractivity contribution in [2.45, 2.75) is 30.6 Å². The summed E-state index contributed by atoms with van der Waals surface area (Å²) in [6.45, 7) is -1.52. The summed E-state index contributed by atoms with van der Waals surface area (Å²) in [5, 5.41) is -0.0364. The molecule has 3 aromatic rings. The van der Waals surface area contributed by atoms with Crippen LogP contribution in [0.25, 0.3) is 11.0 Å². The Labute approximate surface area is 152 Å². The van der Waals surface area contributed by atoms with E-state index in [4.69, 9.17) is 0 Å². The number of fused-ring (bicyclic) bond motifs is 1. The van der Waals surface area contributed by atoms with E-state index in [1.807, 2.05) is 0 Å². The van der Waals surface area contributed by atoms with Crippen LogP contribution in [0.4, 0.5) is 22.0 Å². The van der Waals surface area contributed by atoms with Gasteiger partial charge in [0.05, 0.1) is 38.8 Å². The number of hydrogen-bond acceptors (Lipinski definition) is 4. The summed E-state index contributed by atoms with van der Waals surface area (Å²) in [7, 11) is -1.78. The molecule has 0 saturated carbocycles. The Balaban J connectivity index is 1.86. The number of benzene rings is 1. The monoisotopic (exact) mass is 405 g/mol. The van der Waals surface area contributed by atoms with Crippen molar-refractivity contribution in [3.8, 4) is 5.75 Å². The standard InChI is InChI=1S/C16H12F5N3O2S/c1-8-12(22-5-4-13(8)26-14(17)18)7-27(25)15-23-10-3-2-9(16(19,20)21)6-11(10)24-15/h2-6,14H,7H2,1H3,(H,23,24). The van der Waals surface area contributed by atoms with E-state index in [9.17, 15) is 26.2 Å². The van der Waals surface area contributed by atoms with Gasteiger partial charge in [-0.15, -0.1) is 0 Å². The summed E-state index contributed by atoms with van der Waals surface area (Å²) in [5.41, 5.74) is 0.00772. The van der Waals surface area contributed by atoms with Gasteiger partial charge in [-0.3, -0.25) is 9.19 Å². The summed E-state index contributed by atoms with van der Waals surface area (Å²) in [5.74, 6) is -0.260. The van der Waals surface area contributed by atoms with Gasteiger partial charge in [0.15, 0.2) is 5.16 Å². The first-order valence-corrected chi connectivity index (χ1v) is 8.81. The number of pyridine rings is 1. The van der Waals surface area contributed by atoms with Crippen molar-refractivity contribution >= 4 is 21.8 Å². The lowest BCUT2D eigenvalue weighted by atomic mass is 10.2. The summed E-state index contributed by atoms with van der Waals surface area (Å²) in [6, 6.07) is 4.19. The number of nitrogens with one attached hydrogen (secondary N) is 1. The molecule has 27 heavy (non-hydrogen) atoms. The first-order valence-electron chi connectivity index (χ1n) is 7.50. The summed E-state index contributed by atoms with van der Waals surface area (Å²) in [6.07, 6.45) is -3.27. The van der Waals surface area contributed by atoms with Crippen LogP contribution in [-0.4, -0.2) is 25.8 Å². The lowest BCUT2D eigenvalue weighted by Gasteiger charge is -2.10. The minimum atomic E-state index is -4.51. The summed E-state index contributed by atoms with van der Waals surface area (Å²) >= 11 is 0. The number of rotatable bonds is 5. The maximum absolute atomic E-state index is 12.8. The predicted octanol–water partition coefficient (Wildman–Crippen LogP) is 4.19. The highest BCUT2D eigenvalue weighted by atomic mass is 32.2. The van der Waals surface area contributed by atoms with Gasteiger partial charge in [-0.1, -0.05) is 0 Å². The molecular formula is C16H12F5N3O2S. The summed E-state index contributed by atoms with van der Waals surface area (Å²) in [4.78, 5) is 10.6. The van der Waals surface area contributed by atoms with Gasteiger partial charge in [0.2, 0.25) is 0 Å². The molecule has 1 unspecified atom stereocenters. The van der Waals surface area contributed by atoms with Gasteiger partial charge < -0.3 is 9.72 Å². The minimum Gasteiger partial charge on any atom is -0.434 e. The first-order chi connectivity index (χ1) is 12.6. The number of ether oxygens (including phenoxy) is 1. The Morgan fingerprint density at radius 1 is 1.26 bits per heavy atom. The minimum absolute atomic E-state index is 0.0364. The maximum atomic E-state index is 12.8. The zero-order valence-corrected chi connectivity index (χ0v) is 14.5. The van der Waals surface area contributed by atoms with Crippen LogP contribution in [0.5, 0.6) is 5.75 Å². The number of alkyl halides is 5. The maximum Gasteiger partial charge on any atom is 0.416 e. The fourth-order valence-corrected chi connectivity index (χ4v) is 3.49. The van der Waals surface area contributed by atoms with E-state index >= 15 is 0 Å². The van der Waals surface area contributed by atoms with Crippen molar-refractivity contribution in [1.82, 2.24) is 15.0 Å². The lowest BCUT2D eigenvalue weighted by molar-refractivity contribution is -0.137. The molecule has 2 aromatic heterocycles. The molecule has 0 saturated heterocycles. The van der Waals surface area contributed by atoms with Crippen LogP contribution in [0.1, 0.15) is 16.8 Å². The van der Waals surface area contributed by atoms with Crippen LogP contribution in [-0.2, 0) is 22.7 Å². The molecule has 0 bridgehead atoms. The van der Waals surface area contributed by atoms with Crippen LogP contribution >= 0.6 is 0 Å². The molecule has 0 amide bonds. The molecule has 0 aliphatic carbocycles.